The lowest BCUT2D eigenvalue weighted by Crippen LogP contribution is -2.13. The average Bonchev–Trinajstić information content (AvgIpc) is 2.39. The molecule has 5 heteroatoms. The summed E-state index contributed by atoms with van der Waals surface area (Å²) in [5, 5.41) is 9.49. The fourth-order valence-electron chi connectivity index (χ4n) is 1.68. The number of aliphatic hydroxyl groups is 1. The molecule has 0 fully saturated rings. The first-order valence-corrected chi connectivity index (χ1v) is 7.33. The van der Waals surface area contributed by atoms with Crippen LogP contribution >= 0.6 is 0 Å². The second-order valence-corrected chi connectivity index (χ2v) is 5.90. The molecule has 0 heterocycles. The van der Waals surface area contributed by atoms with Crippen molar-refractivity contribution in [3.8, 4) is 0 Å². The molecule has 0 unspecified atom stereocenters. The number of benzene rings is 2. The lowest BCUT2D eigenvalue weighted by Gasteiger charge is -2.10. The lowest BCUT2D eigenvalue weighted by molar-refractivity contribution is 0.199. The Morgan fingerprint density at radius 1 is 1.05 bits per heavy atom. The molecule has 0 bridgehead atoms. The second kappa shape index (κ2) is 5.42. The van der Waals surface area contributed by atoms with Gasteiger partial charge in [-0.15, -0.1) is 0 Å². The zero-order valence-corrected chi connectivity index (χ0v) is 11.3. The Bertz CT molecular complexity index is 651. The molecule has 0 aromatic heterocycles. The van der Waals surface area contributed by atoms with Gasteiger partial charge in [-0.3, -0.25) is 4.72 Å². The molecule has 2 rings (SSSR count). The summed E-state index contributed by atoms with van der Waals surface area (Å²) in [6.07, 6.45) is -0.638. The van der Waals surface area contributed by atoms with Crippen molar-refractivity contribution in [2.75, 3.05) is 4.72 Å². The van der Waals surface area contributed by atoms with Crippen molar-refractivity contribution in [3.05, 3.63) is 60.2 Å². The van der Waals surface area contributed by atoms with Crippen LogP contribution in [-0.4, -0.2) is 13.5 Å². The zero-order chi connectivity index (χ0) is 13.9. The second-order valence-electron chi connectivity index (χ2n) is 4.22. The molecule has 19 heavy (non-hydrogen) atoms. The number of nitrogens with one attached hydrogen (secondary N) is 1. The molecule has 4 nitrogen and oxygen atoms in total. The Morgan fingerprint density at radius 3 is 2.37 bits per heavy atom. The third-order valence-corrected chi connectivity index (χ3v) is 4.07. The summed E-state index contributed by atoms with van der Waals surface area (Å²) in [5.74, 6) is 0. The molecule has 0 saturated carbocycles. The van der Waals surface area contributed by atoms with E-state index in [1.54, 1.807) is 49.4 Å². The van der Waals surface area contributed by atoms with Gasteiger partial charge >= 0.3 is 0 Å². The maximum atomic E-state index is 12.1. The monoisotopic (exact) mass is 277 g/mol. The number of sulfonamides is 1. The average molecular weight is 277 g/mol. The Hall–Kier alpha value is -1.85. The van der Waals surface area contributed by atoms with Gasteiger partial charge in [0.15, 0.2) is 0 Å². The molecule has 1 atom stereocenters. The number of rotatable bonds is 4. The van der Waals surface area contributed by atoms with Gasteiger partial charge in [0.2, 0.25) is 0 Å². The van der Waals surface area contributed by atoms with Crippen LogP contribution in [0.4, 0.5) is 5.69 Å². The number of aliphatic hydroxyl groups excluding tert-OH is 1. The van der Waals surface area contributed by atoms with Gasteiger partial charge in [0.1, 0.15) is 0 Å². The van der Waals surface area contributed by atoms with Crippen LogP contribution in [0.2, 0.25) is 0 Å². The first kappa shape index (κ1) is 13.6. The van der Waals surface area contributed by atoms with E-state index in [0.717, 1.165) is 0 Å². The van der Waals surface area contributed by atoms with Crippen LogP contribution in [0.5, 0.6) is 0 Å². The first-order valence-electron chi connectivity index (χ1n) is 5.85. The third kappa shape index (κ3) is 3.33. The van der Waals surface area contributed by atoms with Gasteiger partial charge in [-0.1, -0.05) is 30.3 Å². The van der Waals surface area contributed by atoms with Crippen LogP contribution in [0.25, 0.3) is 0 Å². The highest BCUT2D eigenvalue weighted by Crippen LogP contribution is 2.20. The van der Waals surface area contributed by atoms with Crippen molar-refractivity contribution in [2.45, 2.75) is 17.9 Å². The van der Waals surface area contributed by atoms with Crippen molar-refractivity contribution in [1.29, 1.82) is 0 Å². The minimum atomic E-state index is -3.59. The van der Waals surface area contributed by atoms with Gasteiger partial charge in [-0.2, -0.15) is 0 Å². The van der Waals surface area contributed by atoms with Gasteiger partial charge in [-0.25, -0.2) is 8.42 Å². The van der Waals surface area contributed by atoms with Crippen molar-refractivity contribution in [3.63, 3.8) is 0 Å². The molecular formula is C14H15NO3S. The van der Waals surface area contributed by atoms with Gasteiger partial charge in [0.05, 0.1) is 11.0 Å². The van der Waals surface area contributed by atoms with Crippen molar-refractivity contribution in [1.82, 2.24) is 0 Å². The quantitative estimate of drug-likeness (QED) is 0.902. The Morgan fingerprint density at radius 2 is 1.74 bits per heavy atom. The highest BCUT2D eigenvalue weighted by Gasteiger charge is 2.13. The minimum Gasteiger partial charge on any atom is -0.389 e. The molecule has 0 aliphatic heterocycles. The summed E-state index contributed by atoms with van der Waals surface area (Å²) in [4.78, 5) is 0.206. The van der Waals surface area contributed by atoms with Crippen molar-refractivity contribution in [2.24, 2.45) is 0 Å². The molecule has 0 saturated heterocycles. The molecule has 0 aliphatic carbocycles. The topological polar surface area (TPSA) is 66.4 Å². The summed E-state index contributed by atoms with van der Waals surface area (Å²) in [6, 6.07) is 14.9. The van der Waals surface area contributed by atoms with Crippen molar-refractivity contribution < 1.29 is 13.5 Å². The van der Waals surface area contributed by atoms with E-state index in [-0.39, 0.29) is 4.90 Å². The summed E-state index contributed by atoms with van der Waals surface area (Å²) in [6.45, 7) is 1.63. The molecular weight excluding hydrogens is 262 g/mol. The number of hydrogen-bond acceptors (Lipinski definition) is 3. The Kier molecular flexibility index (Phi) is 3.87. The molecule has 0 spiro atoms. The van der Waals surface area contributed by atoms with Crippen LogP contribution in [-0.2, 0) is 10.0 Å². The lowest BCUT2D eigenvalue weighted by atomic mass is 10.1. The first-order chi connectivity index (χ1) is 8.99. The normalized spacial score (nSPS) is 12.9. The predicted octanol–water partition coefficient (Wildman–Crippen LogP) is 2.54. The van der Waals surface area contributed by atoms with Gasteiger partial charge in [0.25, 0.3) is 10.0 Å². The van der Waals surface area contributed by atoms with Crippen LogP contribution in [0.3, 0.4) is 0 Å². The van der Waals surface area contributed by atoms with Crippen LogP contribution < -0.4 is 4.72 Å². The fourth-order valence-corrected chi connectivity index (χ4v) is 2.75. The smallest absolute Gasteiger partial charge is 0.261 e. The van der Waals surface area contributed by atoms with Gasteiger partial charge < -0.3 is 5.11 Å². The van der Waals surface area contributed by atoms with E-state index in [0.29, 0.717) is 11.3 Å². The van der Waals surface area contributed by atoms with Gasteiger partial charge in [-0.05, 0) is 36.8 Å². The number of anilines is 1. The zero-order valence-electron chi connectivity index (χ0n) is 10.4. The Labute approximate surface area is 112 Å². The summed E-state index contributed by atoms with van der Waals surface area (Å²) in [7, 11) is -3.59. The van der Waals surface area contributed by atoms with E-state index in [9.17, 15) is 13.5 Å². The highest BCUT2D eigenvalue weighted by atomic mass is 32.2. The maximum absolute atomic E-state index is 12.1. The SMILES string of the molecule is C[C@@H](O)c1cccc(NS(=O)(=O)c2ccccc2)c1. The van der Waals surface area contributed by atoms with E-state index < -0.39 is 16.1 Å². The molecule has 0 radical (unpaired) electrons. The largest absolute Gasteiger partial charge is 0.389 e. The van der Waals surface area contributed by atoms with Gasteiger partial charge in [0, 0.05) is 5.69 Å². The molecule has 2 aromatic rings. The predicted molar refractivity (Wildman–Crippen MR) is 74.3 cm³/mol. The van der Waals surface area contributed by atoms with E-state index in [2.05, 4.69) is 4.72 Å². The van der Waals surface area contributed by atoms with E-state index in [1.807, 2.05) is 0 Å². The maximum Gasteiger partial charge on any atom is 0.261 e. The highest BCUT2D eigenvalue weighted by molar-refractivity contribution is 7.92. The molecule has 2 aromatic carbocycles. The van der Waals surface area contributed by atoms with Crippen LogP contribution in [0, 0.1) is 0 Å². The number of hydrogen-bond donors (Lipinski definition) is 2. The molecule has 0 aliphatic rings. The third-order valence-electron chi connectivity index (χ3n) is 2.67. The summed E-state index contributed by atoms with van der Waals surface area (Å²) < 4.78 is 26.7. The Balaban J connectivity index is 2.29. The van der Waals surface area contributed by atoms with Crippen molar-refractivity contribution >= 4 is 15.7 Å². The van der Waals surface area contributed by atoms with E-state index in [1.165, 1.54) is 12.1 Å². The van der Waals surface area contributed by atoms with Crippen LogP contribution in [0.15, 0.2) is 59.5 Å². The fraction of sp³-hybridized carbons (Fsp3) is 0.143. The molecule has 100 valence electrons. The summed E-state index contributed by atoms with van der Waals surface area (Å²) in [5.41, 5.74) is 1.09. The standard InChI is InChI=1S/C14H15NO3S/c1-11(16)12-6-5-7-13(10-12)15-19(17,18)14-8-3-2-4-9-14/h2-11,15-16H,1H3/t11-/m1/s1. The van der Waals surface area contributed by atoms with Crippen LogP contribution in [0.1, 0.15) is 18.6 Å². The van der Waals surface area contributed by atoms with E-state index in [4.69, 9.17) is 0 Å². The minimum absolute atomic E-state index is 0.206. The summed E-state index contributed by atoms with van der Waals surface area (Å²) >= 11 is 0. The van der Waals surface area contributed by atoms with E-state index >= 15 is 0 Å². The molecule has 0 amide bonds. The molecule has 2 N–H and O–H groups in total.